The highest BCUT2D eigenvalue weighted by Crippen LogP contribution is 2.27. The van der Waals surface area contributed by atoms with Gasteiger partial charge < -0.3 is 9.64 Å². The maximum atomic E-state index is 12.3. The zero-order chi connectivity index (χ0) is 20.3. The third kappa shape index (κ3) is 5.31. The van der Waals surface area contributed by atoms with Crippen molar-refractivity contribution in [3.05, 3.63) is 34.5 Å². The van der Waals surface area contributed by atoms with Crippen molar-refractivity contribution in [1.29, 1.82) is 0 Å². The first kappa shape index (κ1) is 20.3. The van der Waals surface area contributed by atoms with E-state index in [1.807, 2.05) is 20.8 Å². The van der Waals surface area contributed by atoms with E-state index in [0.717, 1.165) is 30.2 Å². The maximum Gasteiger partial charge on any atom is 0.410 e. The second kappa shape index (κ2) is 8.30. The first-order valence-electron chi connectivity index (χ1n) is 9.23. The monoisotopic (exact) mass is 404 g/mol. The number of fused-ring (bicyclic) bond motifs is 1. The third-order valence-corrected chi connectivity index (χ3v) is 5.48. The summed E-state index contributed by atoms with van der Waals surface area (Å²) in [5, 5.41) is 11.6. The summed E-state index contributed by atoms with van der Waals surface area (Å²) in [4.78, 5) is 33.3. The number of likely N-dealkylation sites (tertiary alicyclic amines) is 1. The van der Waals surface area contributed by atoms with Crippen molar-refractivity contribution < 1.29 is 14.5 Å². The van der Waals surface area contributed by atoms with Crippen molar-refractivity contribution in [1.82, 2.24) is 14.9 Å². The van der Waals surface area contributed by atoms with Gasteiger partial charge in [-0.25, -0.2) is 9.78 Å². The number of non-ortho nitro benzene ring substituents is 1. The number of nitrogens with zero attached hydrogens (tertiary/aromatic N) is 4. The van der Waals surface area contributed by atoms with Crippen LogP contribution in [0.25, 0.3) is 11.0 Å². The summed E-state index contributed by atoms with van der Waals surface area (Å²) in [5.41, 5.74) is 0.655. The minimum atomic E-state index is -0.492. The average molecular weight is 404 g/mol. The molecule has 1 aromatic heterocycles. The first-order chi connectivity index (χ1) is 13.2. The second-order valence-electron chi connectivity index (χ2n) is 7.88. The Bertz CT molecular complexity index is 884. The molecule has 1 atom stereocenters. The Labute approximate surface area is 167 Å². The molecular weight excluding hydrogens is 380 g/mol. The third-order valence-electron chi connectivity index (χ3n) is 4.35. The molecule has 0 bridgehead atoms. The quantitative estimate of drug-likeness (QED) is 0.426. The van der Waals surface area contributed by atoms with Crippen LogP contribution in [0.5, 0.6) is 0 Å². The van der Waals surface area contributed by atoms with Gasteiger partial charge in [-0.05, 0) is 45.6 Å². The lowest BCUT2D eigenvalue weighted by atomic mass is 10.0. The number of hydrogen-bond donors (Lipinski definition) is 0. The van der Waals surface area contributed by atoms with E-state index in [-0.39, 0.29) is 11.8 Å². The molecule has 28 heavy (non-hydrogen) atoms. The molecule has 8 nitrogen and oxygen atoms in total. The fourth-order valence-corrected chi connectivity index (χ4v) is 4.03. The van der Waals surface area contributed by atoms with Gasteiger partial charge in [0.25, 0.3) is 5.69 Å². The Morgan fingerprint density at radius 3 is 2.89 bits per heavy atom. The van der Waals surface area contributed by atoms with Crippen LogP contribution in [-0.4, -0.2) is 50.3 Å². The predicted octanol–water partition coefficient (Wildman–Crippen LogP) is 4.28. The Balaban J connectivity index is 1.59. The highest BCUT2D eigenvalue weighted by Gasteiger charge is 2.27. The van der Waals surface area contributed by atoms with E-state index in [2.05, 4.69) is 9.97 Å². The lowest BCUT2D eigenvalue weighted by Crippen LogP contribution is -2.43. The van der Waals surface area contributed by atoms with Gasteiger partial charge in [-0.1, -0.05) is 0 Å². The standard InChI is InChI=1S/C19H24N4O4S/c1-19(2,3)27-18(24)22-8-4-5-13(11-22)12-28-17-10-20-16-9-14(23(25)26)6-7-15(16)21-17/h6-7,9-10,13H,4-5,8,11-12H2,1-3H3/t13-/m1/s1. The van der Waals surface area contributed by atoms with E-state index in [0.29, 0.717) is 23.5 Å². The molecule has 3 rings (SSSR count). The normalized spacial score (nSPS) is 17.5. The second-order valence-corrected chi connectivity index (χ2v) is 8.92. The van der Waals surface area contributed by atoms with Gasteiger partial charge in [-0.15, -0.1) is 11.8 Å². The number of aromatic nitrogens is 2. The topological polar surface area (TPSA) is 98.5 Å². The number of amides is 1. The van der Waals surface area contributed by atoms with Gasteiger partial charge >= 0.3 is 6.09 Å². The molecule has 2 aromatic rings. The summed E-state index contributed by atoms with van der Waals surface area (Å²) in [6.45, 7) is 7.01. The molecule has 1 fully saturated rings. The van der Waals surface area contributed by atoms with Crippen molar-refractivity contribution in [2.24, 2.45) is 5.92 Å². The molecule has 9 heteroatoms. The molecule has 1 saturated heterocycles. The molecule has 0 saturated carbocycles. The van der Waals surface area contributed by atoms with Crippen LogP contribution in [0.4, 0.5) is 10.5 Å². The molecule has 0 radical (unpaired) electrons. The van der Waals surface area contributed by atoms with Gasteiger partial charge in [0.15, 0.2) is 0 Å². The molecule has 1 amide bonds. The highest BCUT2D eigenvalue weighted by molar-refractivity contribution is 7.99. The minimum Gasteiger partial charge on any atom is -0.444 e. The zero-order valence-corrected chi connectivity index (χ0v) is 17.1. The average Bonchev–Trinajstić information content (AvgIpc) is 2.64. The van der Waals surface area contributed by atoms with E-state index in [9.17, 15) is 14.9 Å². The summed E-state index contributed by atoms with van der Waals surface area (Å²) in [6.07, 6.45) is 3.40. The summed E-state index contributed by atoms with van der Waals surface area (Å²) in [6, 6.07) is 4.48. The van der Waals surface area contributed by atoms with Crippen molar-refractivity contribution in [2.45, 2.75) is 44.2 Å². The van der Waals surface area contributed by atoms with Crippen LogP contribution in [0.1, 0.15) is 33.6 Å². The van der Waals surface area contributed by atoms with Gasteiger partial charge in [0.05, 0.1) is 22.2 Å². The molecule has 1 aromatic carbocycles. The number of piperidine rings is 1. The fourth-order valence-electron chi connectivity index (χ4n) is 3.06. The molecule has 0 spiro atoms. The van der Waals surface area contributed by atoms with Crippen LogP contribution < -0.4 is 0 Å². The van der Waals surface area contributed by atoms with E-state index in [4.69, 9.17) is 4.74 Å². The Morgan fingerprint density at radius 2 is 2.18 bits per heavy atom. The zero-order valence-electron chi connectivity index (χ0n) is 16.3. The highest BCUT2D eigenvalue weighted by atomic mass is 32.2. The molecule has 0 unspecified atom stereocenters. The largest absolute Gasteiger partial charge is 0.444 e. The molecule has 150 valence electrons. The van der Waals surface area contributed by atoms with E-state index >= 15 is 0 Å². The predicted molar refractivity (Wildman–Crippen MR) is 107 cm³/mol. The van der Waals surface area contributed by atoms with E-state index in [1.165, 1.54) is 12.1 Å². The van der Waals surface area contributed by atoms with Crippen LogP contribution in [0.3, 0.4) is 0 Å². The molecular formula is C19H24N4O4S. The first-order valence-corrected chi connectivity index (χ1v) is 10.2. The number of nitro groups is 1. The van der Waals surface area contributed by atoms with Gasteiger partial charge in [0, 0.05) is 31.0 Å². The molecule has 1 aliphatic heterocycles. The summed E-state index contributed by atoms with van der Waals surface area (Å²) < 4.78 is 5.47. The SMILES string of the molecule is CC(C)(C)OC(=O)N1CCC[C@@H](CSc2cnc3cc([N+](=O)[O-])ccc3n2)C1. The number of benzene rings is 1. The van der Waals surface area contributed by atoms with Gasteiger partial charge in [-0.3, -0.25) is 15.1 Å². The number of rotatable bonds is 4. The number of nitro benzene ring substituents is 1. The Morgan fingerprint density at radius 1 is 1.39 bits per heavy atom. The number of carbonyl (C=O) groups excluding carboxylic acids is 1. The van der Waals surface area contributed by atoms with Crippen molar-refractivity contribution in [3.63, 3.8) is 0 Å². The van der Waals surface area contributed by atoms with Crippen LogP contribution in [0.15, 0.2) is 29.4 Å². The minimum absolute atomic E-state index is 0.00615. The van der Waals surface area contributed by atoms with Crippen LogP contribution in [0, 0.1) is 16.0 Å². The number of carbonyl (C=O) groups is 1. The van der Waals surface area contributed by atoms with Crippen LogP contribution in [0.2, 0.25) is 0 Å². The van der Waals surface area contributed by atoms with Gasteiger partial charge in [-0.2, -0.15) is 0 Å². The van der Waals surface area contributed by atoms with Crippen molar-refractivity contribution >= 4 is 34.6 Å². The smallest absolute Gasteiger partial charge is 0.410 e. The summed E-state index contributed by atoms with van der Waals surface area (Å²) in [5.74, 6) is 1.19. The summed E-state index contributed by atoms with van der Waals surface area (Å²) >= 11 is 1.59. The van der Waals surface area contributed by atoms with Gasteiger partial charge in [0.2, 0.25) is 0 Å². The lowest BCUT2D eigenvalue weighted by molar-refractivity contribution is -0.384. The maximum absolute atomic E-state index is 12.3. The Hall–Kier alpha value is -2.42. The van der Waals surface area contributed by atoms with Gasteiger partial charge in [0.1, 0.15) is 10.6 Å². The van der Waals surface area contributed by atoms with Crippen molar-refractivity contribution in [2.75, 3.05) is 18.8 Å². The lowest BCUT2D eigenvalue weighted by Gasteiger charge is -2.34. The van der Waals surface area contributed by atoms with E-state index in [1.54, 1.807) is 28.9 Å². The van der Waals surface area contributed by atoms with Crippen LogP contribution in [-0.2, 0) is 4.74 Å². The molecule has 2 heterocycles. The Kier molecular flexibility index (Phi) is 6.02. The number of hydrogen-bond acceptors (Lipinski definition) is 7. The number of ether oxygens (including phenoxy) is 1. The fraction of sp³-hybridized carbons (Fsp3) is 0.526. The summed E-state index contributed by atoms with van der Waals surface area (Å²) in [7, 11) is 0. The number of thioether (sulfide) groups is 1. The molecule has 0 aliphatic carbocycles. The van der Waals surface area contributed by atoms with E-state index < -0.39 is 10.5 Å². The molecule has 1 aliphatic rings. The van der Waals surface area contributed by atoms with Crippen molar-refractivity contribution in [3.8, 4) is 0 Å². The molecule has 0 N–H and O–H groups in total. The van der Waals surface area contributed by atoms with Crippen LogP contribution >= 0.6 is 11.8 Å².